The Morgan fingerprint density at radius 2 is 2.25 bits per heavy atom. The molecule has 0 spiro atoms. The minimum Gasteiger partial charge on any atom is -0.310 e. The van der Waals surface area contributed by atoms with Gasteiger partial charge in [-0.15, -0.1) is 0 Å². The molecule has 1 fully saturated rings. The second kappa shape index (κ2) is 5.13. The molecule has 1 aliphatic rings. The quantitative estimate of drug-likeness (QED) is 0.726. The van der Waals surface area contributed by atoms with Crippen molar-refractivity contribution in [3.63, 3.8) is 0 Å². The van der Waals surface area contributed by atoms with Crippen LogP contribution in [-0.4, -0.2) is 23.6 Å². The monoisotopic (exact) mass is 187 g/mol. The molecule has 0 bridgehead atoms. The van der Waals surface area contributed by atoms with Crippen LogP contribution in [0, 0.1) is 5.92 Å². The van der Waals surface area contributed by atoms with Crippen LogP contribution in [0.5, 0.6) is 0 Å². The number of nitrogens with one attached hydrogen (secondary N) is 1. The Morgan fingerprint density at radius 3 is 2.67 bits per heavy atom. The molecule has 2 unspecified atom stereocenters. The molecule has 1 aliphatic heterocycles. The second-order valence-corrected chi connectivity index (χ2v) is 5.14. The molecule has 0 radical (unpaired) electrons. The molecule has 12 heavy (non-hydrogen) atoms. The maximum Gasteiger partial charge on any atom is 0.0168 e. The summed E-state index contributed by atoms with van der Waals surface area (Å²) in [6, 6.07) is 1.52. The first-order chi connectivity index (χ1) is 5.74. The van der Waals surface area contributed by atoms with Gasteiger partial charge in [0.1, 0.15) is 0 Å². The molecule has 1 saturated heterocycles. The van der Waals surface area contributed by atoms with Gasteiger partial charge in [0.25, 0.3) is 0 Å². The first kappa shape index (κ1) is 10.4. The molecular weight excluding hydrogens is 166 g/mol. The SMILES string of the molecule is CCC(NC1CCSC1)C(C)C. The van der Waals surface area contributed by atoms with E-state index in [9.17, 15) is 0 Å². The third-order valence-electron chi connectivity index (χ3n) is 2.62. The standard InChI is InChI=1S/C10H21NS/c1-4-10(8(2)3)11-9-5-6-12-7-9/h8-11H,4-7H2,1-3H3. The van der Waals surface area contributed by atoms with Crippen molar-refractivity contribution in [1.29, 1.82) is 0 Å². The van der Waals surface area contributed by atoms with Gasteiger partial charge < -0.3 is 5.32 Å². The molecule has 0 aromatic heterocycles. The fraction of sp³-hybridized carbons (Fsp3) is 1.00. The van der Waals surface area contributed by atoms with E-state index in [1.54, 1.807) is 0 Å². The zero-order valence-corrected chi connectivity index (χ0v) is 9.29. The minimum absolute atomic E-state index is 0.730. The van der Waals surface area contributed by atoms with E-state index >= 15 is 0 Å². The van der Waals surface area contributed by atoms with Gasteiger partial charge in [-0.3, -0.25) is 0 Å². The summed E-state index contributed by atoms with van der Waals surface area (Å²) in [6.07, 6.45) is 2.63. The maximum atomic E-state index is 3.74. The van der Waals surface area contributed by atoms with Crippen molar-refractivity contribution in [1.82, 2.24) is 5.32 Å². The highest BCUT2D eigenvalue weighted by molar-refractivity contribution is 7.99. The highest BCUT2D eigenvalue weighted by Crippen LogP contribution is 2.19. The Kier molecular flexibility index (Phi) is 4.44. The first-order valence-corrected chi connectivity index (χ1v) is 6.23. The van der Waals surface area contributed by atoms with Crippen LogP contribution in [0.15, 0.2) is 0 Å². The normalized spacial score (nSPS) is 26.5. The fourth-order valence-corrected chi connectivity index (χ4v) is 2.92. The number of hydrogen-bond donors (Lipinski definition) is 1. The molecular formula is C10H21NS. The van der Waals surface area contributed by atoms with Crippen molar-refractivity contribution >= 4 is 11.8 Å². The maximum absolute atomic E-state index is 3.74. The van der Waals surface area contributed by atoms with Crippen LogP contribution < -0.4 is 5.32 Å². The summed E-state index contributed by atoms with van der Waals surface area (Å²) in [5.74, 6) is 3.45. The van der Waals surface area contributed by atoms with Crippen LogP contribution in [0.2, 0.25) is 0 Å². The molecule has 0 aliphatic carbocycles. The van der Waals surface area contributed by atoms with E-state index in [0.717, 1.165) is 18.0 Å². The topological polar surface area (TPSA) is 12.0 Å². The van der Waals surface area contributed by atoms with E-state index in [2.05, 4.69) is 37.8 Å². The van der Waals surface area contributed by atoms with Gasteiger partial charge in [-0.1, -0.05) is 20.8 Å². The van der Waals surface area contributed by atoms with E-state index in [-0.39, 0.29) is 0 Å². The molecule has 1 rings (SSSR count). The van der Waals surface area contributed by atoms with Crippen molar-refractivity contribution < 1.29 is 0 Å². The Labute approximate surface area is 80.7 Å². The lowest BCUT2D eigenvalue weighted by molar-refractivity contribution is 0.355. The van der Waals surface area contributed by atoms with Gasteiger partial charge >= 0.3 is 0 Å². The average Bonchev–Trinajstić information content (AvgIpc) is 2.51. The predicted octanol–water partition coefficient (Wildman–Crippen LogP) is 2.52. The van der Waals surface area contributed by atoms with Gasteiger partial charge in [0, 0.05) is 17.8 Å². The van der Waals surface area contributed by atoms with Crippen LogP contribution in [0.3, 0.4) is 0 Å². The van der Waals surface area contributed by atoms with Gasteiger partial charge in [-0.2, -0.15) is 11.8 Å². The van der Waals surface area contributed by atoms with Crippen LogP contribution in [0.4, 0.5) is 0 Å². The highest BCUT2D eigenvalue weighted by Gasteiger charge is 2.19. The number of hydrogen-bond acceptors (Lipinski definition) is 2. The average molecular weight is 187 g/mol. The summed E-state index contributed by atoms with van der Waals surface area (Å²) in [6.45, 7) is 6.90. The first-order valence-electron chi connectivity index (χ1n) is 5.07. The van der Waals surface area contributed by atoms with E-state index in [1.807, 2.05) is 0 Å². The van der Waals surface area contributed by atoms with Gasteiger partial charge in [0.05, 0.1) is 0 Å². The molecule has 72 valence electrons. The van der Waals surface area contributed by atoms with E-state index in [0.29, 0.717) is 0 Å². The molecule has 1 heterocycles. The third-order valence-corrected chi connectivity index (χ3v) is 3.79. The largest absolute Gasteiger partial charge is 0.310 e. The lowest BCUT2D eigenvalue weighted by Gasteiger charge is -2.24. The van der Waals surface area contributed by atoms with Crippen molar-refractivity contribution in [2.24, 2.45) is 5.92 Å². The molecule has 2 heteroatoms. The van der Waals surface area contributed by atoms with Crippen molar-refractivity contribution in [3.8, 4) is 0 Å². The zero-order valence-electron chi connectivity index (χ0n) is 8.47. The molecule has 1 N–H and O–H groups in total. The Morgan fingerprint density at radius 1 is 1.50 bits per heavy atom. The second-order valence-electron chi connectivity index (χ2n) is 3.99. The lowest BCUT2D eigenvalue weighted by atomic mass is 10.0. The van der Waals surface area contributed by atoms with Crippen LogP contribution in [0.25, 0.3) is 0 Å². The summed E-state index contributed by atoms with van der Waals surface area (Å²) in [5, 5.41) is 3.74. The Bertz CT molecular complexity index is 119. The van der Waals surface area contributed by atoms with E-state index < -0.39 is 0 Å². The van der Waals surface area contributed by atoms with Crippen LogP contribution in [0.1, 0.15) is 33.6 Å². The smallest absolute Gasteiger partial charge is 0.0168 e. The Hall–Kier alpha value is 0.310. The zero-order chi connectivity index (χ0) is 8.97. The summed E-state index contributed by atoms with van der Waals surface area (Å²) >= 11 is 2.08. The summed E-state index contributed by atoms with van der Waals surface area (Å²) in [7, 11) is 0. The molecule has 0 aromatic carbocycles. The molecule has 0 saturated carbocycles. The predicted molar refractivity (Wildman–Crippen MR) is 57.8 cm³/mol. The van der Waals surface area contributed by atoms with Crippen LogP contribution in [-0.2, 0) is 0 Å². The van der Waals surface area contributed by atoms with E-state index in [4.69, 9.17) is 0 Å². The molecule has 2 atom stereocenters. The molecule has 0 amide bonds. The minimum atomic E-state index is 0.730. The van der Waals surface area contributed by atoms with Crippen LogP contribution >= 0.6 is 11.8 Å². The van der Waals surface area contributed by atoms with Gasteiger partial charge in [0.2, 0.25) is 0 Å². The lowest BCUT2D eigenvalue weighted by Crippen LogP contribution is -2.41. The van der Waals surface area contributed by atoms with Crippen molar-refractivity contribution in [2.75, 3.05) is 11.5 Å². The van der Waals surface area contributed by atoms with Gasteiger partial charge in [-0.05, 0) is 24.5 Å². The summed E-state index contributed by atoms with van der Waals surface area (Å²) < 4.78 is 0. The molecule has 0 aromatic rings. The van der Waals surface area contributed by atoms with Crippen molar-refractivity contribution in [3.05, 3.63) is 0 Å². The number of rotatable bonds is 4. The summed E-state index contributed by atoms with van der Waals surface area (Å²) in [5.41, 5.74) is 0. The van der Waals surface area contributed by atoms with Gasteiger partial charge in [-0.25, -0.2) is 0 Å². The molecule has 1 nitrogen and oxygen atoms in total. The van der Waals surface area contributed by atoms with E-state index in [1.165, 1.54) is 24.3 Å². The summed E-state index contributed by atoms with van der Waals surface area (Å²) in [4.78, 5) is 0. The third kappa shape index (κ3) is 2.98. The fourth-order valence-electron chi connectivity index (χ4n) is 1.75. The Balaban J connectivity index is 2.26. The highest BCUT2D eigenvalue weighted by atomic mass is 32.2. The van der Waals surface area contributed by atoms with Gasteiger partial charge in [0.15, 0.2) is 0 Å². The number of thioether (sulfide) groups is 1. The van der Waals surface area contributed by atoms with Crippen molar-refractivity contribution in [2.45, 2.75) is 45.7 Å².